The molecular weight excluding hydrogens is 353 g/mol. The number of anilines is 1. The number of carbonyl (C=O) groups is 3. The minimum Gasteiger partial charge on any atom is -0.475 e. The zero-order valence-corrected chi connectivity index (χ0v) is 13.8. The van der Waals surface area contributed by atoms with Crippen molar-refractivity contribution < 1.29 is 23.9 Å². The Morgan fingerprint density at radius 1 is 1.36 bits per heavy atom. The average Bonchev–Trinajstić information content (AvgIpc) is 2.78. The van der Waals surface area contributed by atoms with Crippen molar-refractivity contribution in [1.29, 1.82) is 5.26 Å². The van der Waals surface area contributed by atoms with Crippen LogP contribution < -0.4 is 5.32 Å². The number of carboxylic acids is 1. The van der Waals surface area contributed by atoms with Gasteiger partial charge in [0, 0.05) is 12.7 Å². The molecular formula is C16H11ClFN3O4. The third-order valence-electron chi connectivity index (χ3n) is 3.55. The molecule has 0 unspecified atom stereocenters. The first-order valence-electron chi connectivity index (χ1n) is 6.82. The average molecular weight is 364 g/mol. The Balaban J connectivity index is 2.44. The number of aromatic nitrogens is 1. The maximum atomic E-state index is 13.3. The van der Waals surface area contributed by atoms with Gasteiger partial charge in [-0.05, 0) is 30.7 Å². The summed E-state index contributed by atoms with van der Waals surface area (Å²) in [5.41, 5.74) is -0.320. The third-order valence-corrected chi connectivity index (χ3v) is 3.99. The molecule has 2 rings (SSSR count). The monoisotopic (exact) mass is 363 g/mol. The highest BCUT2D eigenvalue weighted by Crippen LogP contribution is 2.27. The van der Waals surface area contributed by atoms with E-state index in [9.17, 15) is 18.8 Å². The van der Waals surface area contributed by atoms with Gasteiger partial charge in [0.2, 0.25) is 0 Å². The third kappa shape index (κ3) is 3.22. The lowest BCUT2D eigenvalue weighted by atomic mass is 10.1. The molecule has 128 valence electrons. The fraction of sp³-hybridized carbons (Fsp3) is 0.125. The molecule has 0 spiro atoms. The van der Waals surface area contributed by atoms with E-state index >= 15 is 0 Å². The molecule has 9 heteroatoms. The summed E-state index contributed by atoms with van der Waals surface area (Å²) in [6, 6.07) is 5.06. The van der Waals surface area contributed by atoms with Crippen LogP contribution in [-0.4, -0.2) is 27.3 Å². The Morgan fingerprint density at radius 2 is 2.00 bits per heavy atom. The molecule has 0 saturated heterocycles. The van der Waals surface area contributed by atoms with Crippen molar-refractivity contribution in [2.75, 3.05) is 5.32 Å². The van der Waals surface area contributed by atoms with Crippen LogP contribution in [0.15, 0.2) is 18.2 Å². The van der Waals surface area contributed by atoms with Gasteiger partial charge in [-0.25, -0.2) is 9.18 Å². The number of ketones is 1. The van der Waals surface area contributed by atoms with Crippen molar-refractivity contribution in [3.8, 4) is 6.07 Å². The maximum absolute atomic E-state index is 13.3. The summed E-state index contributed by atoms with van der Waals surface area (Å²) in [6.07, 6.45) is 0. The van der Waals surface area contributed by atoms with Crippen LogP contribution in [0.4, 0.5) is 10.1 Å². The number of amides is 1. The number of nitrogens with zero attached hydrogens (tertiary/aromatic N) is 2. The number of carbonyl (C=O) groups excluding carboxylic acids is 2. The van der Waals surface area contributed by atoms with E-state index in [4.69, 9.17) is 22.0 Å². The summed E-state index contributed by atoms with van der Waals surface area (Å²) in [7, 11) is 1.36. The number of nitriles is 1. The minimum absolute atomic E-state index is 0.0865. The van der Waals surface area contributed by atoms with E-state index in [2.05, 4.69) is 5.32 Å². The van der Waals surface area contributed by atoms with Crippen LogP contribution in [0.1, 0.15) is 32.0 Å². The lowest BCUT2D eigenvalue weighted by Crippen LogP contribution is -2.17. The van der Waals surface area contributed by atoms with Gasteiger partial charge in [-0.1, -0.05) is 11.6 Å². The molecule has 1 heterocycles. The molecule has 1 amide bonds. The van der Waals surface area contributed by atoms with Crippen molar-refractivity contribution in [3.05, 3.63) is 51.6 Å². The SMILES string of the molecule is Cc1c(C(=O)Nc2ccc(F)c(C#N)c2)c(Cl)n(C)c1C(=O)C(=O)O. The Morgan fingerprint density at radius 3 is 2.56 bits per heavy atom. The summed E-state index contributed by atoms with van der Waals surface area (Å²) in [4.78, 5) is 35.1. The number of rotatable bonds is 4. The van der Waals surface area contributed by atoms with Crippen LogP contribution >= 0.6 is 11.6 Å². The second-order valence-electron chi connectivity index (χ2n) is 5.09. The Labute approximate surface area is 146 Å². The molecule has 1 aromatic heterocycles. The fourth-order valence-electron chi connectivity index (χ4n) is 2.36. The molecule has 2 N–H and O–H groups in total. The highest BCUT2D eigenvalue weighted by atomic mass is 35.5. The van der Waals surface area contributed by atoms with Gasteiger partial charge < -0.3 is 15.0 Å². The lowest BCUT2D eigenvalue weighted by Gasteiger charge is -2.06. The molecule has 0 aliphatic heterocycles. The second kappa shape index (κ2) is 6.75. The second-order valence-corrected chi connectivity index (χ2v) is 5.45. The topological polar surface area (TPSA) is 112 Å². The number of carboxylic acid groups (broad SMARTS) is 1. The zero-order chi connectivity index (χ0) is 18.9. The minimum atomic E-state index is -1.68. The molecule has 0 bridgehead atoms. The van der Waals surface area contributed by atoms with Gasteiger partial charge in [0.15, 0.2) is 0 Å². The lowest BCUT2D eigenvalue weighted by molar-refractivity contribution is -0.131. The number of aliphatic carboxylic acids is 1. The van der Waals surface area contributed by atoms with Crippen molar-refractivity contribution in [2.45, 2.75) is 6.92 Å². The van der Waals surface area contributed by atoms with Gasteiger partial charge in [-0.3, -0.25) is 9.59 Å². The van der Waals surface area contributed by atoms with Crippen LogP contribution in [0, 0.1) is 24.1 Å². The van der Waals surface area contributed by atoms with Gasteiger partial charge in [-0.15, -0.1) is 0 Å². The summed E-state index contributed by atoms with van der Waals surface area (Å²) >= 11 is 6.06. The van der Waals surface area contributed by atoms with Crippen molar-refractivity contribution in [3.63, 3.8) is 0 Å². The molecule has 0 radical (unpaired) electrons. The Hall–Kier alpha value is -3.18. The van der Waals surface area contributed by atoms with Gasteiger partial charge in [0.25, 0.3) is 11.7 Å². The van der Waals surface area contributed by atoms with E-state index in [-0.39, 0.29) is 33.2 Å². The largest absolute Gasteiger partial charge is 0.475 e. The highest BCUT2D eigenvalue weighted by molar-refractivity contribution is 6.41. The van der Waals surface area contributed by atoms with Gasteiger partial charge in [0.1, 0.15) is 22.7 Å². The predicted molar refractivity (Wildman–Crippen MR) is 86.2 cm³/mol. The number of nitrogens with one attached hydrogen (secondary N) is 1. The van der Waals surface area contributed by atoms with E-state index in [1.807, 2.05) is 0 Å². The van der Waals surface area contributed by atoms with Crippen molar-refractivity contribution in [2.24, 2.45) is 7.05 Å². The zero-order valence-electron chi connectivity index (χ0n) is 13.1. The first-order chi connectivity index (χ1) is 11.7. The van der Waals surface area contributed by atoms with E-state index in [1.54, 1.807) is 6.07 Å². The molecule has 2 aromatic rings. The summed E-state index contributed by atoms with van der Waals surface area (Å²) in [6.45, 7) is 1.39. The molecule has 7 nitrogen and oxygen atoms in total. The predicted octanol–water partition coefficient (Wildman–Crippen LogP) is 2.52. The van der Waals surface area contributed by atoms with Crippen LogP contribution in [0.2, 0.25) is 5.15 Å². The summed E-state index contributed by atoms with van der Waals surface area (Å²) in [5.74, 6) is -4.33. The molecule has 0 aliphatic carbocycles. The van der Waals surface area contributed by atoms with Gasteiger partial charge in [-0.2, -0.15) is 5.26 Å². The van der Waals surface area contributed by atoms with E-state index in [0.29, 0.717) is 0 Å². The number of Topliss-reactive ketones (excluding diaryl/α,β-unsaturated/α-hetero) is 1. The van der Waals surface area contributed by atoms with Crippen LogP contribution in [0.3, 0.4) is 0 Å². The normalized spacial score (nSPS) is 10.2. The van der Waals surface area contributed by atoms with E-state index in [0.717, 1.165) is 16.7 Å². The number of hydrogen-bond acceptors (Lipinski definition) is 4. The number of benzene rings is 1. The highest BCUT2D eigenvalue weighted by Gasteiger charge is 2.29. The summed E-state index contributed by atoms with van der Waals surface area (Å²) < 4.78 is 14.4. The molecule has 0 atom stereocenters. The first kappa shape index (κ1) is 18.2. The van der Waals surface area contributed by atoms with Gasteiger partial charge in [0.05, 0.1) is 11.1 Å². The van der Waals surface area contributed by atoms with Crippen molar-refractivity contribution >= 4 is 34.9 Å². The smallest absolute Gasteiger partial charge is 0.378 e. The standard InChI is InChI=1S/C16H11ClFN3O4/c1-7-11(14(17)21(2)12(7)13(22)16(24)25)15(23)20-9-3-4-10(18)8(5-9)6-19/h3-5H,1-2H3,(H,20,23)(H,24,25). The van der Waals surface area contributed by atoms with Crippen LogP contribution in [-0.2, 0) is 11.8 Å². The van der Waals surface area contributed by atoms with Gasteiger partial charge >= 0.3 is 5.97 Å². The number of halogens is 2. The van der Waals surface area contributed by atoms with Crippen LogP contribution in [0.25, 0.3) is 0 Å². The summed E-state index contributed by atoms with van der Waals surface area (Å²) in [5, 5.41) is 20.0. The quantitative estimate of drug-likeness (QED) is 0.640. The molecule has 0 saturated carbocycles. The molecule has 0 aliphatic rings. The van der Waals surface area contributed by atoms with Crippen molar-refractivity contribution in [1.82, 2.24) is 4.57 Å². The Bertz CT molecular complexity index is 959. The maximum Gasteiger partial charge on any atom is 0.378 e. The first-order valence-corrected chi connectivity index (χ1v) is 7.20. The Kier molecular flexibility index (Phi) is 4.90. The molecule has 0 fully saturated rings. The fourth-order valence-corrected chi connectivity index (χ4v) is 2.67. The van der Waals surface area contributed by atoms with E-state index in [1.165, 1.54) is 20.0 Å². The van der Waals surface area contributed by atoms with Crippen LogP contribution in [0.5, 0.6) is 0 Å². The molecule has 1 aromatic carbocycles. The number of hydrogen-bond donors (Lipinski definition) is 2. The van der Waals surface area contributed by atoms with E-state index < -0.39 is 23.5 Å². The molecule has 25 heavy (non-hydrogen) atoms.